The minimum atomic E-state index is -0.737. The molecule has 1 aromatic rings. The van der Waals surface area contributed by atoms with E-state index in [0.29, 0.717) is 38.9 Å². The maximum Gasteiger partial charge on any atom is 0.337 e. The molecule has 0 saturated carbocycles. The first-order valence-electron chi connectivity index (χ1n) is 8.53. The molecule has 7 heteroatoms. The van der Waals surface area contributed by atoms with Gasteiger partial charge in [-0.2, -0.15) is 0 Å². The number of ether oxygens (including phenoxy) is 3. The van der Waals surface area contributed by atoms with E-state index in [1.165, 1.54) is 14.2 Å². The molecule has 1 aromatic carbocycles. The number of para-hydroxylation sites is 1. The summed E-state index contributed by atoms with van der Waals surface area (Å²) in [4.78, 5) is 25.5. The number of nitrogens with one attached hydrogen (secondary N) is 1. The number of benzene rings is 1. The van der Waals surface area contributed by atoms with E-state index in [1.54, 1.807) is 45.9 Å². The summed E-state index contributed by atoms with van der Waals surface area (Å²) in [5.41, 5.74) is 2.39. The smallest absolute Gasteiger partial charge is 0.337 e. The van der Waals surface area contributed by atoms with Gasteiger partial charge in [-0.25, -0.2) is 9.59 Å². The fraction of sp³-hybridized carbons (Fsp3) is 0.400. The summed E-state index contributed by atoms with van der Waals surface area (Å²) >= 11 is 6.29. The molecule has 1 aliphatic rings. The summed E-state index contributed by atoms with van der Waals surface area (Å²) in [7, 11) is 2.79. The summed E-state index contributed by atoms with van der Waals surface area (Å²) < 4.78 is 15.9. The third kappa shape index (κ3) is 4.11. The van der Waals surface area contributed by atoms with Gasteiger partial charge in [0, 0.05) is 17.0 Å². The fourth-order valence-electron chi connectivity index (χ4n) is 3.20. The number of halogens is 1. The second-order valence-electron chi connectivity index (χ2n) is 6.44. The van der Waals surface area contributed by atoms with Gasteiger partial charge in [0.2, 0.25) is 0 Å². The van der Waals surface area contributed by atoms with Gasteiger partial charge in [-0.3, -0.25) is 0 Å². The lowest BCUT2D eigenvalue weighted by Gasteiger charge is -2.31. The highest BCUT2D eigenvalue weighted by Crippen LogP contribution is 2.44. The zero-order valence-electron chi connectivity index (χ0n) is 16.3. The Morgan fingerprint density at radius 1 is 1.07 bits per heavy atom. The Kier molecular flexibility index (Phi) is 6.54. The number of rotatable bonds is 5. The molecule has 0 saturated heterocycles. The molecule has 0 bridgehead atoms. The van der Waals surface area contributed by atoms with E-state index in [4.69, 9.17) is 25.8 Å². The van der Waals surface area contributed by atoms with E-state index in [-0.39, 0.29) is 6.10 Å². The molecule has 27 heavy (non-hydrogen) atoms. The molecule has 0 aromatic heterocycles. The number of hydrogen-bond acceptors (Lipinski definition) is 6. The van der Waals surface area contributed by atoms with Crippen LogP contribution in [-0.2, 0) is 19.1 Å². The first-order chi connectivity index (χ1) is 12.7. The van der Waals surface area contributed by atoms with Gasteiger partial charge < -0.3 is 19.5 Å². The van der Waals surface area contributed by atoms with Crippen molar-refractivity contribution in [3.8, 4) is 5.75 Å². The predicted octanol–water partition coefficient (Wildman–Crippen LogP) is 3.71. The Balaban J connectivity index is 2.76. The summed E-state index contributed by atoms with van der Waals surface area (Å²) in [6.07, 6.45) is -0.312. The number of carbonyl (C=O) groups is 2. The molecule has 146 valence electrons. The topological polar surface area (TPSA) is 73.9 Å². The number of allylic oxidation sites excluding steroid dienone is 2. The SMILES string of the molecule is COC(=O)C1=C(C)NC(C)=C(C(=O)OC(C)C)C1c1cccc(Cl)c1OC. The van der Waals surface area contributed by atoms with E-state index in [1.807, 2.05) is 0 Å². The van der Waals surface area contributed by atoms with Crippen LogP contribution in [0.3, 0.4) is 0 Å². The summed E-state index contributed by atoms with van der Waals surface area (Å²) in [6.45, 7) is 7.05. The zero-order chi connectivity index (χ0) is 20.3. The number of carbonyl (C=O) groups excluding carboxylic acids is 2. The molecule has 0 fully saturated rings. The molecule has 0 amide bonds. The monoisotopic (exact) mass is 393 g/mol. The molecule has 1 N–H and O–H groups in total. The second kappa shape index (κ2) is 8.48. The van der Waals surface area contributed by atoms with Crippen LogP contribution in [0.15, 0.2) is 40.7 Å². The maximum absolute atomic E-state index is 12.9. The largest absolute Gasteiger partial charge is 0.495 e. The molecule has 2 rings (SSSR count). The molecular formula is C20H24ClNO5. The van der Waals surface area contributed by atoms with Crippen molar-refractivity contribution in [3.63, 3.8) is 0 Å². The van der Waals surface area contributed by atoms with E-state index < -0.39 is 17.9 Å². The first-order valence-corrected chi connectivity index (χ1v) is 8.90. The van der Waals surface area contributed by atoms with Gasteiger partial charge in [0.05, 0.1) is 42.4 Å². The Bertz CT molecular complexity index is 826. The van der Waals surface area contributed by atoms with Crippen molar-refractivity contribution >= 4 is 23.5 Å². The average Bonchev–Trinajstić information content (AvgIpc) is 2.59. The van der Waals surface area contributed by atoms with Crippen LogP contribution in [0.1, 0.15) is 39.2 Å². The number of hydrogen-bond donors (Lipinski definition) is 1. The van der Waals surface area contributed by atoms with Gasteiger partial charge in [0.15, 0.2) is 0 Å². The molecule has 0 aliphatic carbocycles. The molecular weight excluding hydrogens is 370 g/mol. The minimum Gasteiger partial charge on any atom is -0.495 e. The molecule has 1 atom stereocenters. The van der Waals surface area contributed by atoms with Crippen molar-refractivity contribution in [2.75, 3.05) is 14.2 Å². The lowest BCUT2D eigenvalue weighted by Crippen LogP contribution is -2.33. The lowest BCUT2D eigenvalue weighted by molar-refractivity contribution is -0.143. The van der Waals surface area contributed by atoms with E-state index in [0.717, 1.165) is 0 Å². The number of esters is 2. The van der Waals surface area contributed by atoms with Crippen LogP contribution in [0.5, 0.6) is 5.75 Å². The van der Waals surface area contributed by atoms with Gasteiger partial charge in [-0.1, -0.05) is 23.7 Å². The van der Waals surface area contributed by atoms with Gasteiger partial charge >= 0.3 is 11.9 Å². The Labute approximate surface area is 164 Å². The standard InChI is InChI=1S/C20H24ClNO5/c1-10(2)27-20(24)16-12(4)22-11(3)15(19(23)26-6)17(16)13-8-7-9-14(21)18(13)25-5/h7-10,17,22H,1-6H3. The van der Waals surface area contributed by atoms with E-state index >= 15 is 0 Å². The highest BCUT2D eigenvalue weighted by atomic mass is 35.5. The average molecular weight is 394 g/mol. The van der Waals surface area contributed by atoms with Crippen molar-refractivity contribution < 1.29 is 23.8 Å². The Hall–Kier alpha value is -2.47. The van der Waals surface area contributed by atoms with Crippen LogP contribution in [-0.4, -0.2) is 32.3 Å². The molecule has 1 unspecified atom stereocenters. The van der Waals surface area contributed by atoms with Crippen molar-refractivity contribution in [2.24, 2.45) is 0 Å². The summed E-state index contributed by atoms with van der Waals surface area (Å²) in [5.74, 6) is -1.41. The number of methoxy groups -OCH3 is 2. The summed E-state index contributed by atoms with van der Waals surface area (Å²) in [5, 5.41) is 3.46. The van der Waals surface area contributed by atoms with Crippen LogP contribution < -0.4 is 10.1 Å². The zero-order valence-corrected chi connectivity index (χ0v) is 17.1. The van der Waals surface area contributed by atoms with Gasteiger partial charge in [-0.15, -0.1) is 0 Å². The Morgan fingerprint density at radius 2 is 1.67 bits per heavy atom. The molecule has 0 spiro atoms. The second-order valence-corrected chi connectivity index (χ2v) is 6.85. The Morgan fingerprint density at radius 3 is 2.19 bits per heavy atom. The van der Waals surface area contributed by atoms with Gasteiger partial charge in [0.25, 0.3) is 0 Å². The quantitative estimate of drug-likeness (QED) is 0.769. The van der Waals surface area contributed by atoms with Crippen LogP contribution in [0.25, 0.3) is 0 Å². The highest BCUT2D eigenvalue weighted by molar-refractivity contribution is 6.32. The predicted molar refractivity (Wildman–Crippen MR) is 103 cm³/mol. The van der Waals surface area contributed by atoms with Crippen molar-refractivity contribution in [3.05, 3.63) is 51.3 Å². The third-order valence-electron chi connectivity index (χ3n) is 4.24. The minimum absolute atomic E-state index is 0.305. The van der Waals surface area contributed by atoms with Crippen molar-refractivity contribution in [1.82, 2.24) is 5.32 Å². The van der Waals surface area contributed by atoms with Crippen LogP contribution in [0.4, 0.5) is 0 Å². The molecule has 1 heterocycles. The van der Waals surface area contributed by atoms with Gasteiger partial charge in [-0.05, 0) is 33.8 Å². The maximum atomic E-state index is 12.9. The normalized spacial score (nSPS) is 17.0. The number of dihydropyridines is 1. The van der Waals surface area contributed by atoms with E-state index in [2.05, 4.69) is 5.32 Å². The van der Waals surface area contributed by atoms with Gasteiger partial charge in [0.1, 0.15) is 5.75 Å². The van der Waals surface area contributed by atoms with Crippen LogP contribution >= 0.6 is 11.6 Å². The van der Waals surface area contributed by atoms with E-state index in [9.17, 15) is 9.59 Å². The third-order valence-corrected chi connectivity index (χ3v) is 4.54. The molecule has 1 aliphatic heterocycles. The van der Waals surface area contributed by atoms with Crippen molar-refractivity contribution in [2.45, 2.75) is 39.7 Å². The summed E-state index contributed by atoms with van der Waals surface area (Å²) in [6, 6.07) is 5.20. The molecule has 0 radical (unpaired) electrons. The van der Waals surface area contributed by atoms with Crippen LogP contribution in [0, 0.1) is 0 Å². The molecule has 6 nitrogen and oxygen atoms in total. The lowest BCUT2D eigenvalue weighted by atomic mass is 9.80. The first kappa shape index (κ1) is 20.8. The fourth-order valence-corrected chi connectivity index (χ4v) is 3.46. The van der Waals surface area contributed by atoms with Crippen molar-refractivity contribution in [1.29, 1.82) is 0 Å². The van der Waals surface area contributed by atoms with Crippen LogP contribution in [0.2, 0.25) is 5.02 Å². The highest BCUT2D eigenvalue weighted by Gasteiger charge is 2.39.